The summed E-state index contributed by atoms with van der Waals surface area (Å²) in [4.78, 5) is 12.6. The van der Waals surface area contributed by atoms with Crippen molar-refractivity contribution >= 4 is 21.6 Å². The van der Waals surface area contributed by atoms with E-state index in [4.69, 9.17) is 18.9 Å². The Bertz CT molecular complexity index is 1020. The normalized spacial score (nSPS) is 10.9. The first kappa shape index (κ1) is 25.1. The summed E-state index contributed by atoms with van der Waals surface area (Å²) in [5.41, 5.74) is 1.03. The predicted octanol–water partition coefficient (Wildman–Crippen LogP) is 2.58. The third-order valence-corrected chi connectivity index (χ3v) is 5.57. The van der Waals surface area contributed by atoms with Crippen LogP contribution in [0.3, 0.4) is 0 Å². The molecule has 0 aliphatic carbocycles. The Balaban J connectivity index is 2.16. The van der Waals surface area contributed by atoms with Gasteiger partial charge in [-0.15, -0.1) is 0 Å². The fourth-order valence-electron chi connectivity index (χ4n) is 2.96. The van der Waals surface area contributed by atoms with Crippen molar-refractivity contribution in [2.75, 3.05) is 44.5 Å². The predicted molar refractivity (Wildman–Crippen MR) is 122 cm³/mol. The summed E-state index contributed by atoms with van der Waals surface area (Å²) in [5.74, 6) is 1.51. The topological polar surface area (TPSA) is 103 Å². The molecule has 2 aromatic rings. The molecule has 0 aromatic heterocycles. The van der Waals surface area contributed by atoms with Gasteiger partial charge in [0.2, 0.25) is 15.9 Å². The van der Waals surface area contributed by atoms with Gasteiger partial charge >= 0.3 is 0 Å². The lowest BCUT2D eigenvalue weighted by molar-refractivity contribution is -0.119. The molecule has 0 aliphatic rings. The highest BCUT2D eigenvalue weighted by Crippen LogP contribution is 2.33. The lowest BCUT2D eigenvalue weighted by Gasteiger charge is -2.24. The summed E-state index contributed by atoms with van der Waals surface area (Å²) in [6.45, 7) is 4.53. The van der Waals surface area contributed by atoms with E-state index in [1.807, 2.05) is 19.9 Å². The Labute approximate surface area is 189 Å². The molecule has 9 nitrogen and oxygen atoms in total. The number of carbonyl (C=O) groups excluding carboxylic acids is 1. The number of ether oxygens (including phenoxy) is 4. The van der Waals surface area contributed by atoms with Crippen molar-refractivity contribution < 1.29 is 32.2 Å². The molecule has 2 rings (SSSR count). The third kappa shape index (κ3) is 6.68. The minimum absolute atomic E-state index is 0.197. The highest BCUT2D eigenvalue weighted by Gasteiger charge is 2.24. The molecular formula is C22H30N2O7S. The average Bonchev–Trinajstić information content (AvgIpc) is 2.76. The summed E-state index contributed by atoms with van der Waals surface area (Å²) in [7, 11) is -0.848. The lowest BCUT2D eigenvalue weighted by Crippen LogP contribution is -2.40. The molecule has 1 N–H and O–H groups in total. The fraction of sp³-hybridized carbons (Fsp3) is 0.409. The van der Waals surface area contributed by atoms with Crippen LogP contribution >= 0.6 is 0 Å². The van der Waals surface area contributed by atoms with E-state index < -0.39 is 22.5 Å². The van der Waals surface area contributed by atoms with Gasteiger partial charge in [-0.25, -0.2) is 8.42 Å². The highest BCUT2D eigenvalue weighted by molar-refractivity contribution is 7.92. The summed E-state index contributed by atoms with van der Waals surface area (Å²) < 4.78 is 47.4. The van der Waals surface area contributed by atoms with Gasteiger partial charge in [-0.3, -0.25) is 9.10 Å². The van der Waals surface area contributed by atoms with Gasteiger partial charge in [0.25, 0.3) is 0 Å². The molecule has 0 unspecified atom stereocenters. The molecule has 0 spiro atoms. The summed E-state index contributed by atoms with van der Waals surface area (Å²) >= 11 is 0. The van der Waals surface area contributed by atoms with Crippen LogP contribution in [0.4, 0.5) is 5.69 Å². The van der Waals surface area contributed by atoms with Crippen LogP contribution in [0, 0.1) is 0 Å². The Morgan fingerprint density at radius 3 is 2.22 bits per heavy atom. The Morgan fingerprint density at radius 2 is 1.62 bits per heavy atom. The summed E-state index contributed by atoms with van der Waals surface area (Å²) in [5, 5.41) is 2.75. The van der Waals surface area contributed by atoms with E-state index in [0.29, 0.717) is 30.5 Å². The van der Waals surface area contributed by atoms with Gasteiger partial charge < -0.3 is 24.3 Å². The minimum atomic E-state index is -3.76. The van der Waals surface area contributed by atoms with Gasteiger partial charge in [0.15, 0.2) is 11.5 Å². The number of carbonyl (C=O) groups is 1. The molecule has 0 bridgehead atoms. The number of nitrogens with zero attached hydrogens (tertiary/aromatic N) is 1. The first-order valence-corrected chi connectivity index (χ1v) is 11.9. The van der Waals surface area contributed by atoms with Crippen LogP contribution in [-0.4, -0.2) is 54.6 Å². The summed E-state index contributed by atoms with van der Waals surface area (Å²) in [6, 6.07) is 10.1. The van der Waals surface area contributed by atoms with E-state index >= 15 is 0 Å². The minimum Gasteiger partial charge on any atom is -0.497 e. The number of amides is 1. The van der Waals surface area contributed by atoms with Crippen LogP contribution in [0.25, 0.3) is 0 Å². The van der Waals surface area contributed by atoms with Crippen molar-refractivity contribution in [3.05, 3.63) is 42.0 Å². The highest BCUT2D eigenvalue weighted by atomic mass is 32.2. The first-order valence-electron chi connectivity index (χ1n) is 10.1. The van der Waals surface area contributed by atoms with Crippen molar-refractivity contribution in [3.8, 4) is 23.0 Å². The fourth-order valence-corrected chi connectivity index (χ4v) is 3.82. The monoisotopic (exact) mass is 466 g/mol. The largest absolute Gasteiger partial charge is 0.497 e. The maximum Gasteiger partial charge on any atom is 0.241 e. The number of methoxy groups -OCH3 is 2. The molecule has 0 saturated heterocycles. The second-order valence-electron chi connectivity index (χ2n) is 6.73. The Morgan fingerprint density at radius 1 is 0.938 bits per heavy atom. The number of nitrogens with one attached hydrogen (secondary N) is 1. The molecule has 0 radical (unpaired) electrons. The SMILES string of the molecule is CCOc1ccc(CNC(=O)CN(c2ccc(OC)cc2OC)S(C)(=O)=O)cc1OCC. The van der Waals surface area contributed by atoms with Gasteiger partial charge in [0.1, 0.15) is 18.0 Å². The van der Waals surface area contributed by atoms with Gasteiger partial charge in [-0.1, -0.05) is 6.07 Å². The molecule has 0 atom stereocenters. The maximum atomic E-state index is 12.6. The number of benzene rings is 2. The molecule has 1 amide bonds. The van der Waals surface area contributed by atoms with Crippen molar-refractivity contribution in [1.82, 2.24) is 5.32 Å². The molecule has 32 heavy (non-hydrogen) atoms. The molecule has 2 aromatic carbocycles. The number of rotatable bonds is 12. The van der Waals surface area contributed by atoms with Crippen LogP contribution in [-0.2, 0) is 21.4 Å². The van der Waals surface area contributed by atoms with Crippen molar-refractivity contribution in [3.63, 3.8) is 0 Å². The molecule has 10 heteroatoms. The molecule has 0 fully saturated rings. The zero-order valence-corrected chi connectivity index (χ0v) is 19.8. The van der Waals surface area contributed by atoms with Crippen LogP contribution in [0.5, 0.6) is 23.0 Å². The van der Waals surface area contributed by atoms with Gasteiger partial charge in [0, 0.05) is 12.6 Å². The number of hydrogen-bond donors (Lipinski definition) is 1. The second kappa shape index (κ2) is 11.5. The Kier molecular flexibility index (Phi) is 9.01. The Hall–Kier alpha value is -3.14. The quantitative estimate of drug-likeness (QED) is 0.513. The third-order valence-electron chi connectivity index (χ3n) is 4.44. The van der Waals surface area contributed by atoms with E-state index in [9.17, 15) is 13.2 Å². The zero-order chi connectivity index (χ0) is 23.7. The zero-order valence-electron chi connectivity index (χ0n) is 19.0. The maximum absolute atomic E-state index is 12.6. The van der Waals surface area contributed by atoms with Gasteiger partial charge in [-0.2, -0.15) is 0 Å². The van der Waals surface area contributed by atoms with E-state index in [1.54, 1.807) is 24.3 Å². The van der Waals surface area contributed by atoms with E-state index in [-0.39, 0.29) is 18.0 Å². The van der Waals surface area contributed by atoms with Crippen LogP contribution in [0.1, 0.15) is 19.4 Å². The molecule has 176 valence electrons. The smallest absolute Gasteiger partial charge is 0.241 e. The van der Waals surface area contributed by atoms with Crippen LogP contribution in [0.2, 0.25) is 0 Å². The first-order chi connectivity index (χ1) is 15.2. The summed E-state index contributed by atoms with van der Waals surface area (Å²) in [6.07, 6.45) is 1.03. The van der Waals surface area contributed by atoms with Gasteiger partial charge in [0.05, 0.1) is 39.4 Å². The molecule has 0 aliphatic heterocycles. The van der Waals surface area contributed by atoms with Crippen LogP contribution < -0.4 is 28.6 Å². The average molecular weight is 467 g/mol. The number of sulfonamides is 1. The van der Waals surface area contributed by atoms with Crippen LogP contribution in [0.15, 0.2) is 36.4 Å². The molecule has 0 saturated carbocycles. The molecular weight excluding hydrogens is 436 g/mol. The standard InChI is InChI=1S/C22H30N2O7S/c1-6-30-19-11-8-16(12-21(19)31-7-2)14-23-22(25)15-24(32(5,26)27)18-10-9-17(28-3)13-20(18)29-4/h8-13H,6-7,14-15H2,1-5H3,(H,23,25). The lowest BCUT2D eigenvalue weighted by atomic mass is 10.2. The molecule has 0 heterocycles. The van der Waals surface area contributed by atoms with Crippen molar-refractivity contribution in [2.24, 2.45) is 0 Å². The van der Waals surface area contributed by atoms with Crippen molar-refractivity contribution in [2.45, 2.75) is 20.4 Å². The second-order valence-corrected chi connectivity index (χ2v) is 8.64. The number of hydrogen-bond acceptors (Lipinski definition) is 7. The van der Waals surface area contributed by atoms with Crippen molar-refractivity contribution in [1.29, 1.82) is 0 Å². The van der Waals surface area contributed by atoms with E-state index in [2.05, 4.69) is 5.32 Å². The van der Waals surface area contributed by atoms with Gasteiger partial charge in [-0.05, 0) is 43.7 Å². The van der Waals surface area contributed by atoms with E-state index in [0.717, 1.165) is 16.1 Å². The number of anilines is 1. The van der Waals surface area contributed by atoms with E-state index in [1.165, 1.54) is 20.3 Å².